The predicted molar refractivity (Wildman–Crippen MR) is 67.3 cm³/mol. The SMILES string of the molecule is CCN(CC(C)C)c1nccnc1C(N)=NO. The molecule has 0 saturated carbocycles. The van der Waals surface area contributed by atoms with Gasteiger partial charge in [-0.05, 0) is 12.8 Å². The summed E-state index contributed by atoms with van der Waals surface area (Å²) in [6.45, 7) is 7.93. The van der Waals surface area contributed by atoms with Crippen molar-refractivity contribution in [3.63, 3.8) is 0 Å². The first-order valence-electron chi connectivity index (χ1n) is 5.64. The first-order valence-corrected chi connectivity index (χ1v) is 5.64. The number of rotatable bonds is 5. The molecule has 3 N–H and O–H groups in total. The maximum absolute atomic E-state index is 8.73. The van der Waals surface area contributed by atoms with E-state index < -0.39 is 0 Å². The predicted octanol–water partition coefficient (Wildman–Crippen LogP) is 1.05. The van der Waals surface area contributed by atoms with Gasteiger partial charge >= 0.3 is 0 Å². The second-order valence-electron chi connectivity index (χ2n) is 4.15. The molecule has 1 aromatic heterocycles. The Labute approximate surface area is 101 Å². The molecule has 94 valence electrons. The van der Waals surface area contributed by atoms with Gasteiger partial charge in [0.1, 0.15) is 0 Å². The third kappa shape index (κ3) is 3.30. The lowest BCUT2D eigenvalue weighted by molar-refractivity contribution is 0.318. The molecule has 0 fully saturated rings. The van der Waals surface area contributed by atoms with E-state index in [4.69, 9.17) is 10.9 Å². The summed E-state index contributed by atoms with van der Waals surface area (Å²) in [7, 11) is 0. The smallest absolute Gasteiger partial charge is 0.192 e. The van der Waals surface area contributed by atoms with Crippen LogP contribution in [0.4, 0.5) is 5.82 Å². The van der Waals surface area contributed by atoms with Gasteiger partial charge in [0, 0.05) is 25.5 Å². The summed E-state index contributed by atoms with van der Waals surface area (Å²) in [5.41, 5.74) is 6.00. The molecule has 6 heteroatoms. The zero-order valence-corrected chi connectivity index (χ0v) is 10.5. The van der Waals surface area contributed by atoms with E-state index in [1.807, 2.05) is 6.92 Å². The molecule has 1 rings (SSSR count). The summed E-state index contributed by atoms with van der Waals surface area (Å²) >= 11 is 0. The molecule has 0 aliphatic carbocycles. The molecule has 6 nitrogen and oxygen atoms in total. The first-order chi connectivity index (χ1) is 8.10. The molecular formula is C11H19N5O. The van der Waals surface area contributed by atoms with Gasteiger partial charge < -0.3 is 15.8 Å². The molecule has 0 aliphatic rings. The number of nitrogens with zero attached hydrogens (tertiary/aromatic N) is 4. The van der Waals surface area contributed by atoms with Crippen LogP contribution >= 0.6 is 0 Å². The zero-order valence-electron chi connectivity index (χ0n) is 10.5. The Hall–Kier alpha value is -1.85. The van der Waals surface area contributed by atoms with Crippen LogP contribution < -0.4 is 10.6 Å². The average Bonchev–Trinajstić information content (AvgIpc) is 2.34. The van der Waals surface area contributed by atoms with Crippen LogP contribution in [0, 0.1) is 5.92 Å². The third-order valence-corrected chi connectivity index (χ3v) is 2.30. The van der Waals surface area contributed by atoms with E-state index in [2.05, 4.69) is 33.9 Å². The Bertz CT molecular complexity index is 391. The van der Waals surface area contributed by atoms with Gasteiger partial charge in [0.2, 0.25) is 0 Å². The van der Waals surface area contributed by atoms with Crippen molar-refractivity contribution in [3.05, 3.63) is 18.1 Å². The number of amidine groups is 1. The summed E-state index contributed by atoms with van der Waals surface area (Å²) in [5, 5.41) is 11.7. The van der Waals surface area contributed by atoms with Crippen molar-refractivity contribution in [2.45, 2.75) is 20.8 Å². The van der Waals surface area contributed by atoms with Crippen molar-refractivity contribution in [3.8, 4) is 0 Å². The summed E-state index contributed by atoms with van der Waals surface area (Å²) < 4.78 is 0. The molecular weight excluding hydrogens is 218 g/mol. The van der Waals surface area contributed by atoms with Crippen molar-refractivity contribution >= 4 is 11.7 Å². The Morgan fingerprint density at radius 3 is 2.65 bits per heavy atom. The minimum atomic E-state index is -0.0182. The number of hydrogen-bond donors (Lipinski definition) is 2. The molecule has 1 heterocycles. The Morgan fingerprint density at radius 1 is 1.47 bits per heavy atom. The van der Waals surface area contributed by atoms with Crippen LogP contribution in [0.15, 0.2) is 17.5 Å². The Balaban J connectivity index is 3.10. The fraction of sp³-hybridized carbons (Fsp3) is 0.545. The lowest BCUT2D eigenvalue weighted by Crippen LogP contribution is -2.31. The second kappa shape index (κ2) is 6.03. The summed E-state index contributed by atoms with van der Waals surface area (Å²) in [4.78, 5) is 10.4. The van der Waals surface area contributed by atoms with Gasteiger partial charge in [-0.25, -0.2) is 9.97 Å². The normalized spacial score (nSPS) is 11.9. The fourth-order valence-electron chi connectivity index (χ4n) is 1.60. The fourth-order valence-corrected chi connectivity index (χ4v) is 1.60. The van der Waals surface area contributed by atoms with E-state index in [9.17, 15) is 0 Å². The van der Waals surface area contributed by atoms with Crippen LogP contribution in [-0.4, -0.2) is 34.1 Å². The van der Waals surface area contributed by atoms with Crippen LogP contribution in [0.3, 0.4) is 0 Å². The van der Waals surface area contributed by atoms with Crippen LogP contribution in [0.2, 0.25) is 0 Å². The average molecular weight is 237 g/mol. The van der Waals surface area contributed by atoms with E-state index in [1.165, 1.54) is 6.20 Å². The standard InChI is InChI=1S/C11H19N5O/c1-4-16(7-8(2)3)11-9(10(12)15-17)13-5-6-14-11/h5-6,8,17H,4,7H2,1-3H3,(H2,12,15). The van der Waals surface area contributed by atoms with Gasteiger partial charge in [0.05, 0.1) is 0 Å². The van der Waals surface area contributed by atoms with Crippen LogP contribution in [0.25, 0.3) is 0 Å². The lowest BCUT2D eigenvalue weighted by Gasteiger charge is -2.25. The number of oxime groups is 1. The highest BCUT2D eigenvalue weighted by Crippen LogP contribution is 2.15. The van der Waals surface area contributed by atoms with Gasteiger partial charge in [0.15, 0.2) is 17.3 Å². The van der Waals surface area contributed by atoms with Gasteiger partial charge in [-0.2, -0.15) is 0 Å². The molecule has 0 unspecified atom stereocenters. The van der Waals surface area contributed by atoms with Gasteiger partial charge in [-0.1, -0.05) is 19.0 Å². The van der Waals surface area contributed by atoms with Crippen LogP contribution in [-0.2, 0) is 0 Å². The van der Waals surface area contributed by atoms with E-state index in [0.29, 0.717) is 17.4 Å². The lowest BCUT2D eigenvalue weighted by atomic mass is 10.2. The maximum atomic E-state index is 8.73. The van der Waals surface area contributed by atoms with Crippen LogP contribution in [0.5, 0.6) is 0 Å². The largest absolute Gasteiger partial charge is 0.409 e. The van der Waals surface area contributed by atoms with Gasteiger partial charge in [-0.15, -0.1) is 0 Å². The molecule has 0 spiro atoms. The van der Waals surface area contributed by atoms with Crippen LogP contribution in [0.1, 0.15) is 26.5 Å². The Kier molecular flexibility index (Phi) is 4.68. The first kappa shape index (κ1) is 13.2. The second-order valence-corrected chi connectivity index (χ2v) is 4.15. The molecule has 0 radical (unpaired) electrons. The molecule has 17 heavy (non-hydrogen) atoms. The van der Waals surface area contributed by atoms with E-state index in [1.54, 1.807) is 6.20 Å². The molecule has 0 bridgehead atoms. The number of anilines is 1. The highest BCUT2D eigenvalue weighted by Gasteiger charge is 2.16. The van der Waals surface area contributed by atoms with Gasteiger partial charge in [0.25, 0.3) is 0 Å². The number of hydrogen-bond acceptors (Lipinski definition) is 5. The maximum Gasteiger partial charge on any atom is 0.192 e. The number of nitrogens with two attached hydrogens (primary N) is 1. The van der Waals surface area contributed by atoms with Crippen molar-refractivity contribution in [1.82, 2.24) is 9.97 Å². The highest BCUT2D eigenvalue weighted by molar-refractivity contribution is 5.99. The minimum absolute atomic E-state index is 0.0182. The molecule has 1 aromatic rings. The Morgan fingerprint density at radius 2 is 2.12 bits per heavy atom. The summed E-state index contributed by atoms with van der Waals surface area (Å²) in [6.07, 6.45) is 3.13. The highest BCUT2D eigenvalue weighted by atomic mass is 16.4. The third-order valence-electron chi connectivity index (χ3n) is 2.30. The monoisotopic (exact) mass is 237 g/mol. The topological polar surface area (TPSA) is 87.6 Å². The van der Waals surface area contributed by atoms with Gasteiger partial charge in [-0.3, -0.25) is 0 Å². The van der Waals surface area contributed by atoms with Crippen molar-refractivity contribution < 1.29 is 5.21 Å². The molecule has 0 aliphatic heterocycles. The van der Waals surface area contributed by atoms with E-state index >= 15 is 0 Å². The number of aromatic nitrogens is 2. The molecule has 0 saturated heterocycles. The summed E-state index contributed by atoms with van der Waals surface area (Å²) in [6, 6.07) is 0. The van der Waals surface area contributed by atoms with Crippen molar-refractivity contribution in [2.75, 3.05) is 18.0 Å². The molecule has 0 aromatic carbocycles. The molecule has 0 atom stereocenters. The molecule has 0 amide bonds. The van der Waals surface area contributed by atoms with Crippen molar-refractivity contribution in [1.29, 1.82) is 0 Å². The summed E-state index contributed by atoms with van der Waals surface area (Å²) in [5.74, 6) is 1.13. The van der Waals surface area contributed by atoms with E-state index in [0.717, 1.165) is 13.1 Å². The minimum Gasteiger partial charge on any atom is -0.409 e. The van der Waals surface area contributed by atoms with E-state index in [-0.39, 0.29) is 5.84 Å². The quantitative estimate of drug-likeness (QED) is 0.346. The van der Waals surface area contributed by atoms with Crippen molar-refractivity contribution in [2.24, 2.45) is 16.8 Å². The zero-order chi connectivity index (χ0) is 12.8.